The highest BCUT2D eigenvalue weighted by Crippen LogP contribution is 2.29. The van der Waals surface area contributed by atoms with Crippen molar-refractivity contribution in [1.82, 2.24) is 10.6 Å². The van der Waals surface area contributed by atoms with E-state index in [-0.39, 0.29) is 11.9 Å². The third-order valence-corrected chi connectivity index (χ3v) is 4.50. The molecular formula is C19H18ClN3O2S. The first-order valence-corrected chi connectivity index (χ1v) is 8.75. The van der Waals surface area contributed by atoms with Gasteiger partial charge in [-0.3, -0.25) is 4.79 Å². The second-order valence-corrected chi connectivity index (χ2v) is 6.65. The van der Waals surface area contributed by atoms with Gasteiger partial charge in [0.2, 0.25) is 0 Å². The molecule has 1 atom stereocenters. The number of rotatable bonds is 4. The molecule has 1 amide bonds. The smallest absolute Gasteiger partial charge is 0.255 e. The van der Waals surface area contributed by atoms with E-state index >= 15 is 0 Å². The molecule has 0 spiro atoms. The number of hydrogen-bond donors (Lipinski definition) is 3. The number of anilines is 1. The van der Waals surface area contributed by atoms with Gasteiger partial charge in [-0.25, -0.2) is 0 Å². The summed E-state index contributed by atoms with van der Waals surface area (Å²) in [7, 11) is 1.60. The Hall–Kier alpha value is -2.57. The first-order valence-electron chi connectivity index (χ1n) is 7.97. The van der Waals surface area contributed by atoms with Crippen molar-refractivity contribution >= 4 is 40.5 Å². The number of carbonyl (C=O) groups excluding carboxylic acids is 1. The number of nitrogens with one attached hydrogen (secondary N) is 3. The second-order valence-electron chi connectivity index (χ2n) is 5.81. The number of halogens is 1. The third kappa shape index (κ3) is 3.98. The highest BCUT2D eigenvalue weighted by atomic mass is 35.5. The highest BCUT2D eigenvalue weighted by Gasteiger charge is 2.30. The predicted molar refractivity (Wildman–Crippen MR) is 107 cm³/mol. The molecule has 0 aliphatic carbocycles. The molecule has 0 bridgehead atoms. The Morgan fingerprint density at radius 3 is 2.62 bits per heavy atom. The molecule has 1 aliphatic heterocycles. The Morgan fingerprint density at radius 2 is 1.96 bits per heavy atom. The number of thiocarbonyl (C=S) groups is 1. The summed E-state index contributed by atoms with van der Waals surface area (Å²) >= 11 is 11.4. The van der Waals surface area contributed by atoms with Crippen LogP contribution in [0.3, 0.4) is 0 Å². The van der Waals surface area contributed by atoms with Gasteiger partial charge in [-0.05, 0) is 61.1 Å². The van der Waals surface area contributed by atoms with Crippen LogP contribution < -0.4 is 20.7 Å². The van der Waals surface area contributed by atoms with Gasteiger partial charge < -0.3 is 20.7 Å². The maximum absolute atomic E-state index is 13.0. The molecule has 1 aliphatic rings. The Balaban J connectivity index is 1.91. The van der Waals surface area contributed by atoms with Gasteiger partial charge in [0.15, 0.2) is 5.11 Å². The second kappa shape index (κ2) is 7.76. The lowest BCUT2D eigenvalue weighted by Crippen LogP contribution is -2.45. The SMILES string of the molecule is COc1ccc(NC(=O)C2=C(C)NC(=S)N[C@H]2c2cccc(Cl)c2)cc1. The van der Waals surface area contributed by atoms with Crippen molar-refractivity contribution in [3.05, 3.63) is 70.4 Å². The van der Waals surface area contributed by atoms with Crippen LogP contribution in [-0.2, 0) is 4.79 Å². The molecule has 0 saturated carbocycles. The van der Waals surface area contributed by atoms with E-state index in [9.17, 15) is 4.79 Å². The zero-order chi connectivity index (χ0) is 18.7. The zero-order valence-corrected chi connectivity index (χ0v) is 15.9. The van der Waals surface area contributed by atoms with Crippen molar-refractivity contribution < 1.29 is 9.53 Å². The molecule has 7 heteroatoms. The lowest BCUT2D eigenvalue weighted by Gasteiger charge is -2.30. The van der Waals surface area contributed by atoms with Crippen molar-refractivity contribution in [1.29, 1.82) is 0 Å². The van der Waals surface area contributed by atoms with Crippen LogP contribution in [0.25, 0.3) is 0 Å². The van der Waals surface area contributed by atoms with E-state index in [1.165, 1.54) is 0 Å². The molecule has 0 aromatic heterocycles. The Morgan fingerprint density at radius 1 is 1.23 bits per heavy atom. The molecule has 0 unspecified atom stereocenters. The van der Waals surface area contributed by atoms with Crippen LogP contribution >= 0.6 is 23.8 Å². The van der Waals surface area contributed by atoms with Gasteiger partial charge >= 0.3 is 0 Å². The lowest BCUT2D eigenvalue weighted by molar-refractivity contribution is -0.113. The molecule has 0 radical (unpaired) electrons. The van der Waals surface area contributed by atoms with Gasteiger partial charge in [-0.1, -0.05) is 23.7 Å². The van der Waals surface area contributed by atoms with Crippen LogP contribution in [0.5, 0.6) is 5.75 Å². The molecule has 26 heavy (non-hydrogen) atoms. The third-order valence-electron chi connectivity index (χ3n) is 4.04. The average molecular weight is 388 g/mol. The molecule has 1 heterocycles. The molecule has 3 rings (SSSR count). The van der Waals surface area contributed by atoms with Crippen LogP contribution in [-0.4, -0.2) is 18.1 Å². The van der Waals surface area contributed by atoms with E-state index in [4.69, 9.17) is 28.6 Å². The van der Waals surface area contributed by atoms with Gasteiger partial charge in [0.05, 0.1) is 18.7 Å². The molecule has 0 saturated heterocycles. The first kappa shape index (κ1) is 18.2. The van der Waals surface area contributed by atoms with Crippen LogP contribution in [0.1, 0.15) is 18.5 Å². The topological polar surface area (TPSA) is 62.4 Å². The minimum atomic E-state index is -0.388. The Kier molecular flexibility index (Phi) is 5.44. The average Bonchev–Trinajstić information content (AvgIpc) is 2.61. The molecule has 5 nitrogen and oxygen atoms in total. The molecular weight excluding hydrogens is 370 g/mol. The highest BCUT2D eigenvalue weighted by molar-refractivity contribution is 7.80. The van der Waals surface area contributed by atoms with Crippen molar-refractivity contribution in [3.63, 3.8) is 0 Å². The van der Waals surface area contributed by atoms with E-state index in [2.05, 4.69) is 16.0 Å². The summed E-state index contributed by atoms with van der Waals surface area (Å²) in [5.41, 5.74) is 2.79. The van der Waals surface area contributed by atoms with E-state index in [0.717, 1.165) is 11.3 Å². The van der Waals surface area contributed by atoms with E-state index in [0.29, 0.717) is 27.1 Å². The van der Waals surface area contributed by atoms with E-state index in [1.54, 1.807) is 37.4 Å². The van der Waals surface area contributed by atoms with Crippen LogP contribution in [0.2, 0.25) is 5.02 Å². The van der Waals surface area contributed by atoms with Crippen LogP contribution in [0, 0.1) is 0 Å². The fourth-order valence-corrected chi connectivity index (χ4v) is 3.27. The summed E-state index contributed by atoms with van der Waals surface area (Å²) in [4.78, 5) is 13.0. The standard InChI is InChI=1S/C19H18ClN3O2S/c1-11-16(18(24)22-14-6-8-15(25-2)9-7-14)17(23-19(26)21-11)12-4-3-5-13(20)10-12/h3-10,17H,1-2H3,(H,22,24)(H2,21,23,26)/t17-/m0/s1. The van der Waals surface area contributed by atoms with Crippen LogP contribution in [0.4, 0.5) is 5.69 Å². The molecule has 134 valence electrons. The number of amides is 1. The van der Waals surface area contributed by atoms with E-state index in [1.807, 2.05) is 25.1 Å². The van der Waals surface area contributed by atoms with Gasteiger partial charge in [0, 0.05) is 16.4 Å². The van der Waals surface area contributed by atoms with Crippen LogP contribution in [0.15, 0.2) is 59.8 Å². The quantitative estimate of drug-likeness (QED) is 0.697. The minimum Gasteiger partial charge on any atom is -0.497 e. The summed E-state index contributed by atoms with van der Waals surface area (Å²) in [6.45, 7) is 1.83. The molecule has 0 fully saturated rings. The fourth-order valence-electron chi connectivity index (χ4n) is 2.80. The van der Waals surface area contributed by atoms with Crippen molar-refractivity contribution in [2.24, 2.45) is 0 Å². The molecule has 2 aromatic carbocycles. The Labute approximate surface area is 162 Å². The summed E-state index contributed by atoms with van der Waals surface area (Å²) in [6, 6.07) is 14.1. The summed E-state index contributed by atoms with van der Waals surface area (Å²) in [6.07, 6.45) is 0. The first-order chi connectivity index (χ1) is 12.5. The maximum Gasteiger partial charge on any atom is 0.255 e. The van der Waals surface area contributed by atoms with Gasteiger partial charge in [-0.2, -0.15) is 0 Å². The zero-order valence-electron chi connectivity index (χ0n) is 14.3. The number of allylic oxidation sites excluding steroid dienone is 1. The monoisotopic (exact) mass is 387 g/mol. The molecule has 3 N–H and O–H groups in total. The van der Waals surface area contributed by atoms with Gasteiger partial charge in [0.25, 0.3) is 5.91 Å². The predicted octanol–water partition coefficient (Wildman–Crippen LogP) is 3.78. The van der Waals surface area contributed by atoms with Crippen molar-refractivity contribution in [2.75, 3.05) is 12.4 Å². The number of methoxy groups -OCH3 is 1. The minimum absolute atomic E-state index is 0.222. The fraction of sp³-hybridized carbons (Fsp3) is 0.158. The Bertz CT molecular complexity index is 881. The summed E-state index contributed by atoms with van der Waals surface area (Å²) in [5, 5.41) is 10.1. The van der Waals surface area contributed by atoms with Crippen molar-refractivity contribution in [3.8, 4) is 5.75 Å². The molecule has 2 aromatic rings. The van der Waals surface area contributed by atoms with E-state index < -0.39 is 0 Å². The number of benzene rings is 2. The maximum atomic E-state index is 13.0. The number of carbonyl (C=O) groups is 1. The van der Waals surface area contributed by atoms with Crippen molar-refractivity contribution in [2.45, 2.75) is 13.0 Å². The summed E-state index contributed by atoms with van der Waals surface area (Å²) < 4.78 is 5.14. The lowest BCUT2D eigenvalue weighted by atomic mass is 9.95. The number of ether oxygens (including phenoxy) is 1. The van der Waals surface area contributed by atoms with Gasteiger partial charge in [0.1, 0.15) is 5.75 Å². The largest absolute Gasteiger partial charge is 0.497 e. The van der Waals surface area contributed by atoms with Gasteiger partial charge in [-0.15, -0.1) is 0 Å². The normalized spacial score (nSPS) is 16.6. The number of hydrogen-bond acceptors (Lipinski definition) is 3. The summed E-state index contributed by atoms with van der Waals surface area (Å²) in [5.74, 6) is 0.502.